The molecule has 0 bridgehead atoms. The molecule has 1 saturated heterocycles. The summed E-state index contributed by atoms with van der Waals surface area (Å²) in [6.07, 6.45) is -1.08. The number of urea groups is 1. The summed E-state index contributed by atoms with van der Waals surface area (Å²) in [7, 11) is 1.80. The van der Waals surface area contributed by atoms with Gasteiger partial charge in [-0.15, -0.1) is 5.10 Å². The van der Waals surface area contributed by atoms with Crippen molar-refractivity contribution in [2.45, 2.75) is 43.7 Å². The zero-order chi connectivity index (χ0) is 27.9. The Morgan fingerprint density at radius 1 is 1.00 bits per heavy atom. The number of anilines is 1. The number of nitrogens with zero attached hydrogens (tertiary/aromatic N) is 4. The van der Waals surface area contributed by atoms with Crippen molar-refractivity contribution in [1.29, 1.82) is 0 Å². The Morgan fingerprint density at radius 2 is 1.80 bits per heavy atom. The monoisotopic (exact) mass is 560 g/mol. The van der Waals surface area contributed by atoms with Gasteiger partial charge in [0.05, 0.1) is 18.8 Å². The Bertz CT molecular complexity index is 1400. The van der Waals surface area contributed by atoms with E-state index >= 15 is 0 Å². The van der Waals surface area contributed by atoms with Gasteiger partial charge >= 0.3 is 6.03 Å². The summed E-state index contributed by atoms with van der Waals surface area (Å²) < 4.78 is 14.7. The van der Waals surface area contributed by atoms with Crippen LogP contribution in [-0.2, 0) is 29.7 Å². The van der Waals surface area contributed by atoms with Crippen LogP contribution in [0.25, 0.3) is 0 Å². The molecule has 3 aromatic carbocycles. The molecule has 2 heterocycles. The number of aliphatic hydroxyl groups is 1. The predicted molar refractivity (Wildman–Crippen MR) is 151 cm³/mol. The number of amides is 2. The molecule has 4 aromatic rings. The van der Waals surface area contributed by atoms with Gasteiger partial charge in [-0.3, -0.25) is 0 Å². The summed E-state index contributed by atoms with van der Waals surface area (Å²) in [4.78, 5) is 12.6. The van der Waals surface area contributed by atoms with Crippen LogP contribution >= 0.6 is 11.8 Å². The number of benzene rings is 3. The number of rotatable bonds is 9. The number of thioether (sulfide) groups is 1. The first-order valence-electron chi connectivity index (χ1n) is 13.0. The average Bonchev–Trinajstić information content (AvgIpc) is 3.40. The normalized spacial score (nSPS) is 20.7. The standard InChI is InChI=1S/C29H32N6O4S/c1-19-25(18-40-29-32-33-34-35(29)2)38-27(39-26(19)22-13-11-21(17-36)12-14-22)23-9-6-10-24(15-23)31-28(37)30-16-20-7-4-3-5-8-20/h3-15,19,25-27,36H,16-18H2,1-2H3,(H2,30,31,37). The molecule has 0 radical (unpaired) electrons. The van der Waals surface area contributed by atoms with Crippen molar-refractivity contribution in [2.24, 2.45) is 13.0 Å². The Balaban J connectivity index is 1.32. The van der Waals surface area contributed by atoms with Gasteiger partial charge in [-0.05, 0) is 39.2 Å². The van der Waals surface area contributed by atoms with Gasteiger partial charge in [-0.1, -0.05) is 85.4 Å². The fourth-order valence-electron chi connectivity index (χ4n) is 4.53. The molecule has 1 aliphatic heterocycles. The summed E-state index contributed by atoms with van der Waals surface area (Å²) in [5.74, 6) is 0.648. The molecular weight excluding hydrogens is 528 g/mol. The van der Waals surface area contributed by atoms with Gasteiger partial charge in [-0.2, -0.15) is 0 Å². The van der Waals surface area contributed by atoms with Gasteiger partial charge in [0.25, 0.3) is 0 Å². The molecule has 3 N–H and O–H groups in total. The van der Waals surface area contributed by atoms with E-state index in [1.165, 1.54) is 11.8 Å². The maximum Gasteiger partial charge on any atom is 0.319 e. The molecule has 208 valence electrons. The van der Waals surface area contributed by atoms with Crippen LogP contribution in [0.2, 0.25) is 0 Å². The number of carbonyl (C=O) groups excluding carboxylic acids is 1. The number of tetrazole rings is 1. The number of carbonyl (C=O) groups is 1. The maximum absolute atomic E-state index is 12.6. The maximum atomic E-state index is 12.6. The van der Waals surface area contributed by atoms with E-state index in [0.717, 1.165) is 22.3 Å². The second kappa shape index (κ2) is 13.1. The number of aromatic nitrogens is 4. The highest BCUT2D eigenvalue weighted by atomic mass is 32.2. The fourth-order valence-corrected chi connectivity index (χ4v) is 5.54. The lowest BCUT2D eigenvalue weighted by molar-refractivity contribution is -0.268. The zero-order valence-electron chi connectivity index (χ0n) is 22.3. The SMILES string of the molecule is CC1C(CSc2nnnn2C)OC(c2cccc(NC(=O)NCc3ccccc3)c2)OC1c1ccc(CO)cc1. The average molecular weight is 561 g/mol. The molecule has 4 atom stereocenters. The highest BCUT2D eigenvalue weighted by Gasteiger charge is 2.38. The lowest BCUT2D eigenvalue weighted by Gasteiger charge is -2.41. The van der Waals surface area contributed by atoms with Crippen molar-refractivity contribution >= 4 is 23.5 Å². The molecule has 11 heteroatoms. The minimum absolute atomic E-state index is 0.0171. The van der Waals surface area contributed by atoms with Crippen LogP contribution in [0.1, 0.15) is 41.6 Å². The number of hydrogen-bond acceptors (Lipinski definition) is 8. The largest absolute Gasteiger partial charge is 0.392 e. The van der Waals surface area contributed by atoms with Crippen molar-refractivity contribution < 1.29 is 19.4 Å². The Hall–Kier alpha value is -3.77. The van der Waals surface area contributed by atoms with Crippen LogP contribution in [-0.4, -0.2) is 43.2 Å². The smallest absolute Gasteiger partial charge is 0.319 e. The first-order valence-corrected chi connectivity index (χ1v) is 14.0. The highest BCUT2D eigenvalue weighted by molar-refractivity contribution is 7.99. The van der Waals surface area contributed by atoms with E-state index in [-0.39, 0.29) is 30.8 Å². The van der Waals surface area contributed by atoms with Crippen LogP contribution in [0.4, 0.5) is 10.5 Å². The highest BCUT2D eigenvalue weighted by Crippen LogP contribution is 2.43. The minimum atomic E-state index is -0.656. The molecule has 40 heavy (non-hydrogen) atoms. The zero-order valence-corrected chi connectivity index (χ0v) is 23.1. The lowest BCUT2D eigenvalue weighted by Crippen LogP contribution is -2.38. The predicted octanol–water partition coefficient (Wildman–Crippen LogP) is 4.61. The topological polar surface area (TPSA) is 123 Å². The summed E-state index contributed by atoms with van der Waals surface area (Å²) in [5.41, 5.74) is 4.28. The Morgan fingerprint density at radius 3 is 2.52 bits per heavy atom. The minimum Gasteiger partial charge on any atom is -0.392 e. The van der Waals surface area contributed by atoms with Crippen LogP contribution in [0, 0.1) is 5.92 Å². The summed E-state index contributed by atoms with van der Waals surface area (Å²) in [6, 6.07) is 24.7. The molecule has 0 spiro atoms. The van der Waals surface area contributed by atoms with E-state index in [1.807, 2.05) is 78.9 Å². The van der Waals surface area contributed by atoms with Gasteiger partial charge in [-0.25, -0.2) is 9.48 Å². The van der Waals surface area contributed by atoms with Crippen molar-refractivity contribution in [3.05, 3.63) is 101 Å². The van der Waals surface area contributed by atoms with Crippen molar-refractivity contribution in [3.63, 3.8) is 0 Å². The van der Waals surface area contributed by atoms with Crippen LogP contribution in [0.15, 0.2) is 84.0 Å². The molecule has 2 amide bonds. The molecular formula is C29H32N6O4S. The van der Waals surface area contributed by atoms with Crippen LogP contribution in [0.5, 0.6) is 0 Å². The van der Waals surface area contributed by atoms with Crippen molar-refractivity contribution in [2.75, 3.05) is 11.1 Å². The molecule has 1 aromatic heterocycles. The van der Waals surface area contributed by atoms with Gasteiger partial charge < -0.3 is 25.2 Å². The number of aliphatic hydroxyl groups excluding tert-OH is 1. The summed E-state index contributed by atoms with van der Waals surface area (Å²) in [6.45, 7) is 2.52. The van der Waals surface area contributed by atoms with E-state index in [9.17, 15) is 9.90 Å². The third kappa shape index (κ3) is 6.86. The van der Waals surface area contributed by atoms with E-state index < -0.39 is 6.29 Å². The first kappa shape index (κ1) is 27.8. The fraction of sp³-hybridized carbons (Fsp3) is 0.310. The third-order valence-electron chi connectivity index (χ3n) is 6.79. The van der Waals surface area contributed by atoms with E-state index in [0.29, 0.717) is 23.1 Å². The van der Waals surface area contributed by atoms with Crippen molar-refractivity contribution in [1.82, 2.24) is 25.5 Å². The third-order valence-corrected chi connectivity index (χ3v) is 7.89. The number of hydrogen-bond donors (Lipinski definition) is 3. The molecule has 1 aliphatic rings. The molecule has 0 aliphatic carbocycles. The van der Waals surface area contributed by atoms with Gasteiger partial charge in [0, 0.05) is 36.5 Å². The number of ether oxygens (including phenoxy) is 2. The van der Waals surface area contributed by atoms with Gasteiger partial charge in [0.15, 0.2) is 6.29 Å². The molecule has 5 rings (SSSR count). The summed E-state index contributed by atoms with van der Waals surface area (Å²) >= 11 is 1.53. The second-order valence-corrected chi connectivity index (χ2v) is 10.6. The van der Waals surface area contributed by atoms with Crippen molar-refractivity contribution in [3.8, 4) is 0 Å². The second-order valence-electron chi connectivity index (χ2n) is 9.64. The van der Waals surface area contributed by atoms with Crippen LogP contribution in [0.3, 0.4) is 0 Å². The molecule has 1 fully saturated rings. The number of aryl methyl sites for hydroxylation is 1. The molecule has 4 unspecified atom stereocenters. The Kier molecular flexibility index (Phi) is 9.07. The Labute approximate surface area is 237 Å². The van der Waals surface area contributed by atoms with E-state index in [1.54, 1.807) is 11.7 Å². The van der Waals surface area contributed by atoms with Gasteiger partial charge in [0.1, 0.15) is 0 Å². The van der Waals surface area contributed by atoms with E-state index in [2.05, 4.69) is 33.1 Å². The molecule has 0 saturated carbocycles. The number of nitrogens with one attached hydrogen (secondary N) is 2. The van der Waals surface area contributed by atoms with E-state index in [4.69, 9.17) is 9.47 Å². The van der Waals surface area contributed by atoms with Gasteiger partial charge in [0.2, 0.25) is 5.16 Å². The lowest BCUT2D eigenvalue weighted by atomic mass is 9.91. The summed E-state index contributed by atoms with van der Waals surface area (Å²) in [5, 5.41) is 27.7. The molecule has 10 nitrogen and oxygen atoms in total. The quantitative estimate of drug-likeness (QED) is 0.254. The first-order chi connectivity index (χ1) is 19.5. The van der Waals surface area contributed by atoms with Crippen LogP contribution < -0.4 is 10.6 Å².